The number of benzene rings is 1. The first kappa shape index (κ1) is 13.7. The second-order valence-corrected chi connectivity index (χ2v) is 5.82. The molecule has 0 spiro atoms. The Morgan fingerprint density at radius 2 is 2.25 bits per heavy atom. The number of nitrogens with one attached hydrogen (secondary N) is 2. The monoisotopic (exact) mass is 294 g/mol. The van der Waals surface area contributed by atoms with E-state index in [1.807, 2.05) is 12.1 Å². The maximum atomic E-state index is 12.0. The number of anilines is 1. The van der Waals surface area contributed by atoms with Crippen LogP contribution >= 0.6 is 11.6 Å². The molecule has 1 saturated carbocycles. The van der Waals surface area contributed by atoms with Gasteiger partial charge in [-0.1, -0.05) is 18.5 Å². The average molecular weight is 295 g/mol. The summed E-state index contributed by atoms with van der Waals surface area (Å²) >= 11 is 6.29. The lowest BCUT2D eigenvalue weighted by Gasteiger charge is -2.27. The lowest BCUT2D eigenvalue weighted by atomic mass is 9.96. The third-order valence-corrected chi connectivity index (χ3v) is 4.17. The molecule has 1 aromatic rings. The molecule has 108 valence electrons. The fraction of sp³-hybridized carbons (Fsp3) is 0.533. The van der Waals surface area contributed by atoms with E-state index in [4.69, 9.17) is 16.3 Å². The fourth-order valence-electron chi connectivity index (χ4n) is 2.51. The highest BCUT2D eigenvalue weighted by atomic mass is 35.5. The molecule has 1 heterocycles. The van der Waals surface area contributed by atoms with Crippen LogP contribution in [0.3, 0.4) is 0 Å². The zero-order valence-corrected chi connectivity index (χ0v) is 12.3. The molecule has 2 N–H and O–H groups in total. The number of hydrogen-bond acceptors (Lipinski definition) is 3. The van der Waals surface area contributed by atoms with Crippen molar-refractivity contribution in [2.75, 3.05) is 11.9 Å². The van der Waals surface area contributed by atoms with Crippen LogP contribution in [0, 0.1) is 0 Å². The minimum Gasteiger partial charge on any atom is -0.489 e. The molecule has 5 heteroatoms. The van der Waals surface area contributed by atoms with Gasteiger partial charge >= 0.3 is 0 Å². The zero-order chi connectivity index (χ0) is 14.1. The van der Waals surface area contributed by atoms with E-state index < -0.39 is 0 Å². The standard InChI is InChI=1S/C15H19ClN2O2/c1-2-6-17-14-10-7-11(16)13(20-9-4-3-5-9)8-12(10)18-15(14)19/h7-9,14,17H,2-6H2,1H3,(H,18,19). The molecule has 1 aliphatic heterocycles. The van der Waals surface area contributed by atoms with Gasteiger partial charge in [-0.15, -0.1) is 0 Å². The van der Waals surface area contributed by atoms with E-state index in [0.717, 1.165) is 37.1 Å². The molecule has 0 bridgehead atoms. The Kier molecular flexibility index (Phi) is 3.85. The minimum atomic E-state index is -0.305. The van der Waals surface area contributed by atoms with Gasteiger partial charge in [-0.05, 0) is 38.3 Å². The molecule has 1 fully saturated rings. The van der Waals surface area contributed by atoms with E-state index in [9.17, 15) is 4.79 Å². The smallest absolute Gasteiger partial charge is 0.246 e. The predicted molar refractivity (Wildman–Crippen MR) is 79.4 cm³/mol. The summed E-state index contributed by atoms with van der Waals surface area (Å²) in [7, 11) is 0. The summed E-state index contributed by atoms with van der Waals surface area (Å²) in [6.07, 6.45) is 4.64. The molecule has 1 aromatic carbocycles. The van der Waals surface area contributed by atoms with Crippen molar-refractivity contribution in [1.29, 1.82) is 0 Å². The van der Waals surface area contributed by atoms with Crippen molar-refractivity contribution in [3.05, 3.63) is 22.7 Å². The Morgan fingerprint density at radius 1 is 1.45 bits per heavy atom. The van der Waals surface area contributed by atoms with Crippen LogP contribution in [0.5, 0.6) is 5.75 Å². The lowest BCUT2D eigenvalue weighted by molar-refractivity contribution is -0.117. The van der Waals surface area contributed by atoms with E-state index in [0.29, 0.717) is 10.8 Å². The molecule has 1 amide bonds. The second-order valence-electron chi connectivity index (χ2n) is 5.42. The predicted octanol–water partition coefficient (Wildman–Crippen LogP) is 3.26. The van der Waals surface area contributed by atoms with Crippen molar-refractivity contribution in [1.82, 2.24) is 5.32 Å². The van der Waals surface area contributed by atoms with E-state index in [-0.39, 0.29) is 18.1 Å². The highest BCUT2D eigenvalue weighted by Crippen LogP contribution is 2.40. The van der Waals surface area contributed by atoms with Crippen LogP contribution in [0.4, 0.5) is 5.69 Å². The molecule has 1 unspecified atom stereocenters. The van der Waals surface area contributed by atoms with Gasteiger partial charge in [0.1, 0.15) is 11.8 Å². The van der Waals surface area contributed by atoms with Crippen molar-refractivity contribution in [2.45, 2.75) is 44.8 Å². The quantitative estimate of drug-likeness (QED) is 0.876. The molecule has 1 aliphatic carbocycles. The second kappa shape index (κ2) is 5.62. The Morgan fingerprint density at radius 3 is 2.90 bits per heavy atom. The molecule has 1 atom stereocenters. The molecule has 0 aromatic heterocycles. The highest BCUT2D eigenvalue weighted by Gasteiger charge is 2.31. The Hall–Kier alpha value is -1.26. The number of ether oxygens (including phenoxy) is 1. The van der Waals surface area contributed by atoms with Gasteiger partial charge in [-0.25, -0.2) is 0 Å². The Bertz CT molecular complexity index is 529. The first-order chi connectivity index (χ1) is 9.69. The van der Waals surface area contributed by atoms with Crippen molar-refractivity contribution in [3.8, 4) is 5.75 Å². The molecule has 20 heavy (non-hydrogen) atoms. The third-order valence-electron chi connectivity index (χ3n) is 3.88. The van der Waals surface area contributed by atoms with Crippen LogP contribution in [0.2, 0.25) is 5.02 Å². The summed E-state index contributed by atoms with van der Waals surface area (Å²) in [5.41, 5.74) is 1.72. The summed E-state index contributed by atoms with van der Waals surface area (Å²) in [5.74, 6) is 0.650. The van der Waals surface area contributed by atoms with Crippen LogP contribution in [0.1, 0.15) is 44.2 Å². The Labute approximate surface area is 123 Å². The number of amides is 1. The summed E-state index contributed by atoms with van der Waals surface area (Å²) < 4.78 is 5.85. The summed E-state index contributed by atoms with van der Waals surface area (Å²) in [6.45, 7) is 2.87. The van der Waals surface area contributed by atoms with E-state index >= 15 is 0 Å². The largest absolute Gasteiger partial charge is 0.489 e. The van der Waals surface area contributed by atoms with Crippen molar-refractivity contribution in [2.24, 2.45) is 0 Å². The van der Waals surface area contributed by atoms with Crippen molar-refractivity contribution >= 4 is 23.2 Å². The lowest BCUT2D eigenvalue weighted by Crippen LogP contribution is -2.28. The summed E-state index contributed by atoms with van der Waals surface area (Å²) in [6, 6.07) is 3.39. The van der Waals surface area contributed by atoms with Crippen LogP contribution in [-0.4, -0.2) is 18.6 Å². The Balaban J connectivity index is 1.82. The number of rotatable bonds is 5. The topological polar surface area (TPSA) is 50.4 Å². The molecule has 0 saturated heterocycles. The number of carbonyl (C=O) groups excluding carboxylic acids is 1. The maximum absolute atomic E-state index is 12.0. The number of fused-ring (bicyclic) bond motifs is 1. The highest BCUT2D eigenvalue weighted by molar-refractivity contribution is 6.32. The molecule has 0 radical (unpaired) electrons. The minimum absolute atomic E-state index is 0.0229. The van der Waals surface area contributed by atoms with Crippen LogP contribution in [-0.2, 0) is 4.79 Å². The molecule has 4 nitrogen and oxygen atoms in total. The summed E-state index contributed by atoms with van der Waals surface area (Å²) in [4.78, 5) is 12.0. The molecular formula is C15H19ClN2O2. The molecule has 3 rings (SSSR count). The van der Waals surface area contributed by atoms with Gasteiger partial charge < -0.3 is 15.4 Å². The van der Waals surface area contributed by atoms with Gasteiger partial charge in [-0.2, -0.15) is 0 Å². The van der Waals surface area contributed by atoms with Crippen LogP contribution < -0.4 is 15.4 Å². The van der Waals surface area contributed by atoms with Gasteiger partial charge in [0.05, 0.1) is 11.1 Å². The summed E-state index contributed by atoms with van der Waals surface area (Å²) in [5, 5.41) is 6.71. The van der Waals surface area contributed by atoms with Gasteiger partial charge in [0, 0.05) is 17.3 Å². The number of carbonyl (C=O) groups is 1. The molecular weight excluding hydrogens is 276 g/mol. The first-order valence-corrected chi connectivity index (χ1v) is 7.61. The fourth-order valence-corrected chi connectivity index (χ4v) is 2.73. The van der Waals surface area contributed by atoms with Crippen LogP contribution in [0.25, 0.3) is 0 Å². The maximum Gasteiger partial charge on any atom is 0.246 e. The SMILES string of the molecule is CCCNC1C(=O)Nc2cc(OC3CCC3)c(Cl)cc21. The van der Waals surface area contributed by atoms with Gasteiger partial charge in [-0.3, -0.25) is 4.79 Å². The normalized spacial score (nSPS) is 21.3. The van der Waals surface area contributed by atoms with E-state index in [2.05, 4.69) is 17.6 Å². The first-order valence-electron chi connectivity index (χ1n) is 7.23. The van der Waals surface area contributed by atoms with Crippen LogP contribution in [0.15, 0.2) is 12.1 Å². The van der Waals surface area contributed by atoms with E-state index in [1.54, 1.807) is 0 Å². The number of halogens is 1. The average Bonchev–Trinajstić information content (AvgIpc) is 2.66. The molecule has 2 aliphatic rings. The van der Waals surface area contributed by atoms with Crippen molar-refractivity contribution < 1.29 is 9.53 Å². The number of hydrogen-bond donors (Lipinski definition) is 2. The third kappa shape index (κ3) is 2.50. The van der Waals surface area contributed by atoms with E-state index in [1.165, 1.54) is 6.42 Å². The van der Waals surface area contributed by atoms with Gasteiger partial charge in [0.25, 0.3) is 0 Å². The van der Waals surface area contributed by atoms with Crippen molar-refractivity contribution in [3.63, 3.8) is 0 Å². The van der Waals surface area contributed by atoms with Gasteiger partial charge in [0.2, 0.25) is 5.91 Å². The van der Waals surface area contributed by atoms with Gasteiger partial charge in [0.15, 0.2) is 0 Å². The zero-order valence-electron chi connectivity index (χ0n) is 11.5.